The van der Waals surface area contributed by atoms with Crippen LogP contribution in [0.25, 0.3) is 0 Å². The molecule has 2 heterocycles. The molecule has 1 N–H and O–H groups in total. The van der Waals surface area contributed by atoms with Crippen LogP contribution < -0.4 is 5.32 Å². The molecule has 0 aliphatic carbocycles. The van der Waals surface area contributed by atoms with E-state index >= 15 is 0 Å². The molecule has 1 amide bonds. The van der Waals surface area contributed by atoms with Crippen molar-refractivity contribution in [3.63, 3.8) is 0 Å². The fourth-order valence-corrected chi connectivity index (χ4v) is 3.76. The Balaban J connectivity index is 1.42. The van der Waals surface area contributed by atoms with E-state index in [4.69, 9.17) is 4.74 Å². The number of hydrogen-bond acceptors (Lipinski definition) is 5. The summed E-state index contributed by atoms with van der Waals surface area (Å²) < 4.78 is 5.28. The molecule has 5 nitrogen and oxygen atoms in total. The van der Waals surface area contributed by atoms with Gasteiger partial charge in [-0.05, 0) is 17.2 Å². The second kappa shape index (κ2) is 7.09. The first-order chi connectivity index (χ1) is 12.7. The highest BCUT2D eigenvalue weighted by atomic mass is 32.1. The Morgan fingerprint density at radius 2 is 1.92 bits per heavy atom. The third-order valence-electron chi connectivity index (χ3n) is 4.19. The van der Waals surface area contributed by atoms with Crippen LogP contribution in [0.4, 0.5) is 5.13 Å². The maximum Gasteiger partial charge on any atom is 0.339 e. The van der Waals surface area contributed by atoms with Crippen molar-refractivity contribution >= 4 is 28.3 Å². The zero-order valence-electron chi connectivity index (χ0n) is 13.8. The third-order valence-corrected chi connectivity index (χ3v) is 5.10. The van der Waals surface area contributed by atoms with Crippen LogP contribution in [0.15, 0.2) is 60.8 Å². The first-order valence-electron chi connectivity index (χ1n) is 8.27. The number of thiazole rings is 1. The number of ether oxygens (including phenoxy) is 1. The number of anilines is 1. The number of esters is 1. The van der Waals surface area contributed by atoms with Crippen molar-refractivity contribution in [1.82, 2.24) is 4.98 Å². The number of nitrogens with zero attached hydrogens (tertiary/aromatic N) is 1. The number of amides is 1. The van der Waals surface area contributed by atoms with Crippen LogP contribution in [-0.4, -0.2) is 23.0 Å². The van der Waals surface area contributed by atoms with Gasteiger partial charge in [0.1, 0.15) is 0 Å². The molecule has 1 aliphatic rings. The minimum Gasteiger partial charge on any atom is -0.448 e. The van der Waals surface area contributed by atoms with E-state index in [0.717, 1.165) is 16.9 Å². The summed E-state index contributed by atoms with van der Waals surface area (Å²) in [6.07, 6.45) is 2.06. The molecule has 130 valence electrons. The molecule has 0 spiro atoms. The number of nitrogens with one attached hydrogen (secondary N) is 1. The standard InChI is InChI=1S/C20H16N2O3S/c23-18(17-11-14-8-4-5-9-16(14)19(24)25-17)22-20-21-12-15(26-20)10-13-6-2-1-3-7-13/h1-9,12,17H,10-11H2,(H,21,22,23). The molecule has 1 atom stereocenters. The molecule has 0 fully saturated rings. The molecule has 0 radical (unpaired) electrons. The highest BCUT2D eigenvalue weighted by molar-refractivity contribution is 7.15. The summed E-state index contributed by atoms with van der Waals surface area (Å²) in [7, 11) is 0. The van der Waals surface area contributed by atoms with Crippen molar-refractivity contribution in [1.29, 1.82) is 0 Å². The lowest BCUT2D eigenvalue weighted by Crippen LogP contribution is -2.37. The summed E-state index contributed by atoms with van der Waals surface area (Å²) in [4.78, 5) is 29.8. The minimum absolute atomic E-state index is 0.353. The molecule has 0 saturated heterocycles. The Hall–Kier alpha value is -2.99. The largest absolute Gasteiger partial charge is 0.448 e. The maximum absolute atomic E-state index is 12.5. The van der Waals surface area contributed by atoms with Gasteiger partial charge in [-0.3, -0.25) is 10.1 Å². The van der Waals surface area contributed by atoms with Crippen molar-refractivity contribution < 1.29 is 14.3 Å². The summed E-state index contributed by atoms with van der Waals surface area (Å²) in [6.45, 7) is 0. The molecule has 3 aromatic rings. The fourth-order valence-electron chi connectivity index (χ4n) is 2.91. The number of rotatable bonds is 4. The lowest BCUT2D eigenvalue weighted by molar-refractivity contribution is -0.125. The summed E-state index contributed by atoms with van der Waals surface area (Å²) in [5.74, 6) is -0.815. The summed E-state index contributed by atoms with van der Waals surface area (Å²) in [5.41, 5.74) is 2.54. The van der Waals surface area contributed by atoms with Gasteiger partial charge < -0.3 is 4.74 Å². The zero-order chi connectivity index (χ0) is 17.9. The molecule has 4 rings (SSSR count). The van der Waals surface area contributed by atoms with Gasteiger partial charge in [-0.1, -0.05) is 48.5 Å². The zero-order valence-corrected chi connectivity index (χ0v) is 14.7. The van der Waals surface area contributed by atoms with Gasteiger partial charge in [0.05, 0.1) is 5.56 Å². The number of hydrogen-bond donors (Lipinski definition) is 1. The predicted molar refractivity (Wildman–Crippen MR) is 99.3 cm³/mol. The lowest BCUT2D eigenvalue weighted by atomic mass is 9.98. The highest BCUT2D eigenvalue weighted by Crippen LogP contribution is 2.24. The summed E-state index contributed by atoms with van der Waals surface area (Å²) in [6, 6.07) is 17.3. The molecule has 26 heavy (non-hydrogen) atoms. The Labute approximate surface area is 154 Å². The minimum atomic E-state index is -0.834. The van der Waals surface area contributed by atoms with E-state index in [1.165, 1.54) is 16.9 Å². The van der Waals surface area contributed by atoms with Gasteiger partial charge in [-0.2, -0.15) is 0 Å². The Morgan fingerprint density at radius 3 is 2.77 bits per heavy atom. The lowest BCUT2D eigenvalue weighted by Gasteiger charge is -2.23. The maximum atomic E-state index is 12.5. The van der Waals surface area contributed by atoms with Crippen LogP contribution in [-0.2, 0) is 22.4 Å². The number of fused-ring (bicyclic) bond motifs is 1. The first kappa shape index (κ1) is 16.5. The number of carbonyl (C=O) groups excluding carboxylic acids is 2. The fraction of sp³-hybridized carbons (Fsp3) is 0.150. The van der Waals surface area contributed by atoms with E-state index in [0.29, 0.717) is 17.1 Å². The van der Waals surface area contributed by atoms with Crippen molar-refractivity contribution in [2.45, 2.75) is 18.9 Å². The quantitative estimate of drug-likeness (QED) is 0.720. The van der Waals surface area contributed by atoms with Crippen LogP contribution in [0.1, 0.15) is 26.4 Å². The van der Waals surface area contributed by atoms with E-state index < -0.39 is 12.1 Å². The topological polar surface area (TPSA) is 68.3 Å². The number of aromatic nitrogens is 1. The van der Waals surface area contributed by atoms with Crippen molar-refractivity contribution in [2.75, 3.05) is 5.32 Å². The van der Waals surface area contributed by atoms with Crippen molar-refractivity contribution in [3.05, 3.63) is 82.4 Å². The van der Waals surface area contributed by atoms with Crippen LogP contribution >= 0.6 is 11.3 Å². The van der Waals surface area contributed by atoms with Gasteiger partial charge in [-0.15, -0.1) is 11.3 Å². The Morgan fingerprint density at radius 1 is 1.15 bits per heavy atom. The van der Waals surface area contributed by atoms with Crippen molar-refractivity contribution in [3.8, 4) is 0 Å². The normalized spacial score (nSPS) is 15.8. The Kier molecular flexibility index (Phi) is 4.50. The number of cyclic esters (lactones) is 1. The van der Waals surface area contributed by atoms with Gasteiger partial charge in [0.25, 0.3) is 5.91 Å². The SMILES string of the molecule is O=C1OC(C(=O)Nc2ncc(Cc3ccccc3)s2)Cc2ccccc21. The molecule has 1 aliphatic heterocycles. The van der Waals surface area contributed by atoms with Gasteiger partial charge in [0.2, 0.25) is 0 Å². The molecule has 6 heteroatoms. The van der Waals surface area contributed by atoms with Crippen molar-refractivity contribution in [2.24, 2.45) is 0 Å². The van der Waals surface area contributed by atoms with E-state index in [1.807, 2.05) is 30.3 Å². The van der Waals surface area contributed by atoms with Crippen LogP contribution in [0.5, 0.6) is 0 Å². The summed E-state index contributed by atoms with van der Waals surface area (Å²) in [5, 5.41) is 3.27. The van der Waals surface area contributed by atoms with Gasteiger partial charge in [0, 0.05) is 23.9 Å². The van der Waals surface area contributed by atoms with Crippen LogP contribution in [0, 0.1) is 0 Å². The molecule has 2 aromatic carbocycles. The third kappa shape index (κ3) is 3.50. The highest BCUT2D eigenvalue weighted by Gasteiger charge is 2.31. The van der Waals surface area contributed by atoms with Gasteiger partial charge in [0.15, 0.2) is 11.2 Å². The number of carbonyl (C=O) groups is 2. The molecular weight excluding hydrogens is 348 g/mol. The second-order valence-corrected chi connectivity index (χ2v) is 7.15. The summed E-state index contributed by atoms with van der Waals surface area (Å²) >= 11 is 1.42. The van der Waals surface area contributed by atoms with Crippen LogP contribution in [0.3, 0.4) is 0 Å². The smallest absolute Gasteiger partial charge is 0.339 e. The predicted octanol–water partition coefficient (Wildman–Crippen LogP) is 3.45. The average Bonchev–Trinajstić information content (AvgIpc) is 3.09. The second-order valence-electron chi connectivity index (χ2n) is 6.04. The van der Waals surface area contributed by atoms with Crippen LogP contribution in [0.2, 0.25) is 0 Å². The van der Waals surface area contributed by atoms with E-state index in [-0.39, 0.29) is 5.91 Å². The van der Waals surface area contributed by atoms with Gasteiger partial charge in [-0.25, -0.2) is 9.78 Å². The van der Waals surface area contributed by atoms with E-state index in [2.05, 4.69) is 22.4 Å². The van der Waals surface area contributed by atoms with E-state index in [1.54, 1.807) is 18.3 Å². The van der Waals surface area contributed by atoms with E-state index in [9.17, 15) is 9.59 Å². The molecule has 1 unspecified atom stereocenters. The molecule has 0 bridgehead atoms. The number of benzene rings is 2. The first-order valence-corrected chi connectivity index (χ1v) is 9.09. The Bertz CT molecular complexity index is 952. The van der Waals surface area contributed by atoms with Gasteiger partial charge >= 0.3 is 5.97 Å². The average molecular weight is 364 g/mol. The monoisotopic (exact) mass is 364 g/mol. The molecule has 1 aromatic heterocycles. The molecular formula is C20H16N2O3S. The molecule has 0 saturated carbocycles.